The van der Waals surface area contributed by atoms with E-state index in [4.69, 9.17) is 0 Å². The van der Waals surface area contributed by atoms with Crippen LogP contribution in [0.2, 0.25) is 0 Å². The minimum absolute atomic E-state index is 0.213. The van der Waals surface area contributed by atoms with Gasteiger partial charge in [0.05, 0.1) is 0 Å². The molecule has 0 bridgehead atoms. The molecule has 0 fully saturated rings. The van der Waals surface area contributed by atoms with Gasteiger partial charge in [0.15, 0.2) is 0 Å². The van der Waals surface area contributed by atoms with Crippen LogP contribution in [0.3, 0.4) is 0 Å². The molecule has 1 unspecified atom stereocenters. The van der Waals surface area contributed by atoms with Gasteiger partial charge in [0.2, 0.25) is 5.91 Å². The molecule has 0 heterocycles. The average molecular weight is 353 g/mol. The number of carbonyl (C=O) groups excluding carboxylic acids is 1. The highest BCUT2D eigenvalue weighted by atomic mass is 16.1. The van der Waals surface area contributed by atoms with Crippen molar-refractivity contribution in [1.82, 2.24) is 5.32 Å². The SMILES string of the molecule is [CH2]CC(CC)NC(=O)CCCCCCCCCCCCCCCCC. The van der Waals surface area contributed by atoms with Crippen LogP contribution in [0.4, 0.5) is 0 Å². The van der Waals surface area contributed by atoms with Crippen molar-refractivity contribution < 1.29 is 4.79 Å². The van der Waals surface area contributed by atoms with E-state index in [-0.39, 0.29) is 11.9 Å². The number of amides is 1. The number of carbonyl (C=O) groups is 1. The predicted molar refractivity (Wildman–Crippen MR) is 112 cm³/mol. The zero-order valence-electron chi connectivity index (χ0n) is 17.4. The summed E-state index contributed by atoms with van der Waals surface area (Å²) in [7, 11) is 0. The van der Waals surface area contributed by atoms with Gasteiger partial charge in [-0.05, 0) is 19.3 Å². The molecule has 0 saturated heterocycles. The van der Waals surface area contributed by atoms with Crippen LogP contribution in [0.25, 0.3) is 0 Å². The molecule has 1 radical (unpaired) electrons. The molecule has 1 N–H and O–H groups in total. The van der Waals surface area contributed by atoms with Crippen LogP contribution in [0, 0.1) is 6.92 Å². The summed E-state index contributed by atoms with van der Waals surface area (Å²) in [6, 6.07) is 0.267. The van der Waals surface area contributed by atoms with Crippen LogP contribution >= 0.6 is 0 Å². The monoisotopic (exact) mass is 352 g/mol. The third-order valence-corrected chi connectivity index (χ3v) is 5.21. The summed E-state index contributed by atoms with van der Waals surface area (Å²) >= 11 is 0. The summed E-state index contributed by atoms with van der Waals surface area (Å²) in [6.45, 7) is 8.25. The van der Waals surface area contributed by atoms with E-state index in [1.54, 1.807) is 0 Å². The van der Waals surface area contributed by atoms with Crippen molar-refractivity contribution in [3.05, 3.63) is 6.92 Å². The summed E-state index contributed by atoms with van der Waals surface area (Å²) in [5, 5.41) is 3.06. The maximum absolute atomic E-state index is 11.8. The second-order valence-electron chi connectivity index (χ2n) is 7.66. The van der Waals surface area contributed by atoms with Crippen LogP contribution in [0.1, 0.15) is 129 Å². The molecule has 0 aliphatic heterocycles. The quantitative estimate of drug-likeness (QED) is 0.242. The summed E-state index contributed by atoms with van der Waals surface area (Å²) in [5.74, 6) is 0.213. The smallest absolute Gasteiger partial charge is 0.220 e. The number of rotatable bonds is 19. The van der Waals surface area contributed by atoms with Crippen molar-refractivity contribution in [2.24, 2.45) is 0 Å². The van der Waals surface area contributed by atoms with E-state index in [9.17, 15) is 4.79 Å². The molecular weight excluding hydrogens is 306 g/mol. The Morgan fingerprint density at radius 1 is 0.720 bits per heavy atom. The fourth-order valence-electron chi connectivity index (χ4n) is 3.34. The van der Waals surface area contributed by atoms with Gasteiger partial charge in [-0.15, -0.1) is 0 Å². The minimum atomic E-state index is 0.213. The second-order valence-corrected chi connectivity index (χ2v) is 7.66. The molecule has 0 aromatic heterocycles. The molecular formula is C23H46NO. The van der Waals surface area contributed by atoms with Gasteiger partial charge < -0.3 is 5.32 Å². The number of hydrogen-bond acceptors (Lipinski definition) is 1. The van der Waals surface area contributed by atoms with Gasteiger partial charge in [-0.2, -0.15) is 0 Å². The molecule has 0 aliphatic rings. The van der Waals surface area contributed by atoms with E-state index in [1.807, 2.05) is 0 Å². The topological polar surface area (TPSA) is 29.1 Å². The van der Waals surface area contributed by atoms with Crippen molar-refractivity contribution in [3.63, 3.8) is 0 Å². The molecule has 0 rings (SSSR count). The Morgan fingerprint density at radius 2 is 1.12 bits per heavy atom. The first kappa shape index (κ1) is 24.5. The lowest BCUT2D eigenvalue weighted by Crippen LogP contribution is -2.33. The molecule has 1 atom stereocenters. The zero-order chi connectivity index (χ0) is 18.6. The van der Waals surface area contributed by atoms with Gasteiger partial charge >= 0.3 is 0 Å². The fourth-order valence-corrected chi connectivity index (χ4v) is 3.34. The summed E-state index contributed by atoms with van der Waals surface area (Å²) < 4.78 is 0. The van der Waals surface area contributed by atoms with E-state index in [1.165, 1.54) is 89.9 Å². The van der Waals surface area contributed by atoms with Crippen molar-refractivity contribution in [2.45, 2.75) is 135 Å². The Labute approximate surface area is 158 Å². The third kappa shape index (κ3) is 18.1. The first-order valence-electron chi connectivity index (χ1n) is 11.3. The predicted octanol–water partition coefficient (Wildman–Crippen LogP) is 7.37. The highest BCUT2D eigenvalue weighted by Gasteiger charge is 2.07. The average Bonchev–Trinajstić information content (AvgIpc) is 2.62. The van der Waals surface area contributed by atoms with Crippen molar-refractivity contribution in [2.75, 3.05) is 0 Å². The minimum Gasteiger partial charge on any atom is -0.353 e. The van der Waals surface area contributed by atoms with Crippen LogP contribution < -0.4 is 5.32 Å². The molecule has 0 aliphatic carbocycles. The Morgan fingerprint density at radius 3 is 1.48 bits per heavy atom. The fraction of sp³-hybridized carbons (Fsp3) is 0.913. The Bertz CT molecular complexity index is 273. The van der Waals surface area contributed by atoms with E-state index in [2.05, 4.69) is 26.1 Å². The lowest BCUT2D eigenvalue weighted by molar-refractivity contribution is -0.121. The van der Waals surface area contributed by atoms with Crippen molar-refractivity contribution in [1.29, 1.82) is 0 Å². The summed E-state index contributed by atoms with van der Waals surface area (Å²) in [6.07, 6.45) is 22.9. The summed E-state index contributed by atoms with van der Waals surface area (Å²) in [4.78, 5) is 11.8. The number of hydrogen-bond donors (Lipinski definition) is 1. The van der Waals surface area contributed by atoms with Gasteiger partial charge in [0, 0.05) is 12.5 Å². The Balaban J connectivity index is 3.17. The standard InChI is InChI=1S/C23H46NO/c1-4-7-8-9-10-11-12-13-14-15-16-17-18-19-20-21-23(25)24-22(5-2)6-3/h22H,2,4-21H2,1,3H3,(H,24,25). The van der Waals surface area contributed by atoms with Gasteiger partial charge in [-0.1, -0.05) is 111 Å². The van der Waals surface area contributed by atoms with Crippen molar-refractivity contribution >= 4 is 5.91 Å². The first-order chi connectivity index (χ1) is 12.2. The van der Waals surface area contributed by atoms with Crippen LogP contribution in [0.5, 0.6) is 0 Å². The normalized spacial score (nSPS) is 11.2. The van der Waals surface area contributed by atoms with Crippen LogP contribution in [0.15, 0.2) is 0 Å². The molecule has 0 saturated carbocycles. The molecule has 0 aromatic carbocycles. The van der Waals surface area contributed by atoms with Gasteiger partial charge in [0.25, 0.3) is 0 Å². The third-order valence-electron chi connectivity index (χ3n) is 5.21. The van der Waals surface area contributed by atoms with E-state index >= 15 is 0 Å². The van der Waals surface area contributed by atoms with Gasteiger partial charge in [0.1, 0.15) is 0 Å². The van der Waals surface area contributed by atoms with Gasteiger partial charge in [-0.25, -0.2) is 0 Å². The van der Waals surface area contributed by atoms with E-state index in [0.717, 1.165) is 19.3 Å². The zero-order valence-corrected chi connectivity index (χ0v) is 17.4. The molecule has 149 valence electrons. The lowest BCUT2D eigenvalue weighted by Gasteiger charge is -2.14. The molecule has 0 aromatic rings. The maximum Gasteiger partial charge on any atom is 0.220 e. The Kier molecular flexibility index (Phi) is 19.4. The largest absolute Gasteiger partial charge is 0.353 e. The molecule has 1 amide bonds. The van der Waals surface area contributed by atoms with Crippen molar-refractivity contribution in [3.8, 4) is 0 Å². The van der Waals surface area contributed by atoms with Crippen LogP contribution in [-0.4, -0.2) is 11.9 Å². The molecule has 2 heteroatoms. The summed E-state index contributed by atoms with van der Waals surface area (Å²) in [5.41, 5.74) is 0. The van der Waals surface area contributed by atoms with E-state index in [0.29, 0.717) is 6.42 Å². The second kappa shape index (κ2) is 19.8. The lowest BCUT2D eigenvalue weighted by atomic mass is 10.0. The van der Waals surface area contributed by atoms with Crippen LogP contribution in [-0.2, 0) is 4.79 Å². The highest BCUT2D eigenvalue weighted by Crippen LogP contribution is 2.13. The highest BCUT2D eigenvalue weighted by molar-refractivity contribution is 5.76. The molecule has 0 spiro atoms. The first-order valence-corrected chi connectivity index (χ1v) is 11.3. The number of nitrogens with one attached hydrogen (secondary N) is 1. The number of unbranched alkanes of at least 4 members (excludes halogenated alkanes) is 14. The molecule has 25 heavy (non-hydrogen) atoms. The molecule has 2 nitrogen and oxygen atoms in total. The van der Waals surface area contributed by atoms with E-state index < -0.39 is 0 Å². The maximum atomic E-state index is 11.8. The van der Waals surface area contributed by atoms with Gasteiger partial charge in [-0.3, -0.25) is 4.79 Å². The Hall–Kier alpha value is -0.530.